The molecule has 0 atom stereocenters. The highest BCUT2D eigenvalue weighted by Crippen LogP contribution is 2.49. The van der Waals surface area contributed by atoms with Crippen LogP contribution >= 0.6 is 49.9 Å². The summed E-state index contributed by atoms with van der Waals surface area (Å²) in [6.45, 7) is 0. The first kappa shape index (κ1) is 49.9. The van der Waals surface area contributed by atoms with Crippen molar-refractivity contribution >= 4 is 176 Å². The molecule has 0 aliphatic carbocycles. The minimum absolute atomic E-state index is 0.795. The summed E-state index contributed by atoms with van der Waals surface area (Å²) in [6, 6.07) is 103. The van der Waals surface area contributed by atoms with Gasteiger partial charge >= 0.3 is 0 Å². The van der Waals surface area contributed by atoms with Crippen molar-refractivity contribution in [2.45, 2.75) is 0 Å². The monoisotopic (exact) mass is 1160 g/mol. The van der Waals surface area contributed by atoms with Crippen LogP contribution in [0.2, 0.25) is 0 Å². The van der Waals surface area contributed by atoms with Crippen molar-refractivity contribution in [2.75, 3.05) is 10.6 Å². The lowest BCUT2D eigenvalue weighted by Crippen LogP contribution is -2.10. The Morgan fingerprint density at radius 1 is 0.280 bits per heavy atom. The molecule has 2 nitrogen and oxygen atoms in total. The summed E-state index contributed by atoms with van der Waals surface area (Å²) in [5.41, 5.74) is 15.1. The number of hydrogen-bond donors (Lipinski definition) is 1. The van der Waals surface area contributed by atoms with E-state index >= 15 is 0 Å². The van der Waals surface area contributed by atoms with E-state index < -0.39 is 0 Å². The van der Waals surface area contributed by atoms with Crippen molar-refractivity contribution in [1.82, 2.24) is 0 Å². The Labute approximate surface area is 494 Å². The highest BCUT2D eigenvalue weighted by molar-refractivity contribution is 9.10. The third-order valence-corrected chi connectivity index (χ3v) is 20.4. The molecule has 0 aliphatic rings. The second-order valence-electron chi connectivity index (χ2n) is 20.6. The van der Waals surface area contributed by atoms with Crippen molar-refractivity contribution in [3.8, 4) is 22.3 Å². The molecule has 82 heavy (non-hydrogen) atoms. The number of benzene rings is 14. The predicted octanol–water partition coefficient (Wildman–Crippen LogP) is 23.9. The topological polar surface area (TPSA) is 29.3 Å². The van der Waals surface area contributed by atoms with E-state index in [0.717, 1.165) is 11.4 Å². The molecule has 17 aromatic rings. The third-order valence-electron chi connectivity index (χ3n) is 15.8. The number of halogens is 1. The Morgan fingerprint density at radius 3 is 1.09 bits per heavy atom. The first-order valence-corrected chi connectivity index (χ1v) is 30.7. The summed E-state index contributed by atoms with van der Waals surface area (Å²) in [5.74, 6) is 0. The molecule has 0 radical (unpaired) electrons. The van der Waals surface area contributed by atoms with Crippen LogP contribution in [0, 0.1) is 0 Å². The molecule has 0 unspecified atom stereocenters. The van der Waals surface area contributed by atoms with Gasteiger partial charge in [0.05, 0.1) is 20.8 Å². The molecule has 2 N–H and O–H groups in total. The van der Waals surface area contributed by atoms with Crippen LogP contribution in [0.5, 0.6) is 0 Å². The van der Waals surface area contributed by atoms with E-state index in [1.807, 2.05) is 46.1 Å². The van der Waals surface area contributed by atoms with Gasteiger partial charge in [0.25, 0.3) is 0 Å². The van der Waals surface area contributed by atoms with Gasteiger partial charge in [0.2, 0.25) is 0 Å². The summed E-state index contributed by atoms with van der Waals surface area (Å²) >= 11 is 9.19. The molecule has 0 spiro atoms. The number of anilines is 4. The molecule has 0 saturated heterocycles. The van der Waals surface area contributed by atoms with Crippen LogP contribution in [0.25, 0.3) is 126 Å². The van der Waals surface area contributed by atoms with Gasteiger partial charge in [-0.2, -0.15) is 0 Å². The van der Waals surface area contributed by atoms with Gasteiger partial charge < -0.3 is 10.6 Å². The molecule has 3 heterocycles. The highest BCUT2D eigenvalue weighted by atomic mass is 79.9. The smallest absolute Gasteiger partial charge is 0.0640 e. The maximum absolute atomic E-state index is 5.81. The van der Waals surface area contributed by atoms with Crippen molar-refractivity contribution in [1.29, 1.82) is 0 Å². The molecule has 3 aromatic heterocycles. The fraction of sp³-hybridized carbons (Fsp3) is 0. The molecule has 17 rings (SSSR count). The lowest BCUT2D eigenvalue weighted by atomic mass is 9.93. The molecule has 0 bridgehead atoms. The second kappa shape index (κ2) is 21.1. The zero-order chi connectivity index (χ0) is 54.7. The first-order chi connectivity index (χ1) is 40.5. The number of nitrogens with two attached hydrogens (primary N) is 1. The number of nitrogens with zero attached hydrogens (tertiary/aromatic N) is 1. The Bertz CT molecular complexity index is 5150. The van der Waals surface area contributed by atoms with E-state index in [1.165, 1.54) is 142 Å². The van der Waals surface area contributed by atoms with E-state index in [2.05, 4.69) is 294 Å². The average Bonchev–Trinajstić information content (AvgIpc) is 4.33. The van der Waals surface area contributed by atoms with Gasteiger partial charge in [-0.3, -0.25) is 0 Å². The largest absolute Gasteiger partial charge is 0.399 e. The van der Waals surface area contributed by atoms with E-state index in [1.54, 1.807) is 0 Å². The summed E-state index contributed by atoms with van der Waals surface area (Å²) in [6.07, 6.45) is 0. The van der Waals surface area contributed by atoms with Crippen LogP contribution in [0.15, 0.2) is 290 Å². The van der Waals surface area contributed by atoms with Crippen LogP contribution in [-0.4, -0.2) is 0 Å². The van der Waals surface area contributed by atoms with Crippen LogP contribution < -0.4 is 10.6 Å². The number of rotatable bonds is 5. The van der Waals surface area contributed by atoms with E-state index in [-0.39, 0.29) is 0 Å². The Morgan fingerprint density at radius 2 is 0.622 bits per heavy atom. The number of hydrogen-bond acceptors (Lipinski definition) is 5. The number of nitrogen functional groups attached to an aromatic ring is 1. The van der Waals surface area contributed by atoms with Crippen molar-refractivity contribution in [3.05, 3.63) is 290 Å². The second-order valence-corrected chi connectivity index (χ2v) is 24.6. The quantitative estimate of drug-likeness (QED) is 0.137. The fourth-order valence-electron chi connectivity index (χ4n) is 12.0. The molecule has 14 aromatic carbocycles. The summed E-state index contributed by atoms with van der Waals surface area (Å²) in [4.78, 5) is 2.48. The molecule has 0 aliphatic heterocycles. The maximum Gasteiger partial charge on any atom is 0.0640 e. The van der Waals surface area contributed by atoms with Gasteiger partial charge in [-0.15, -0.1) is 34.0 Å². The molecule has 388 valence electrons. The highest BCUT2D eigenvalue weighted by Gasteiger charge is 2.22. The average molecular weight is 1170 g/mol. The molecule has 6 heteroatoms. The maximum atomic E-state index is 5.81. The van der Waals surface area contributed by atoms with Gasteiger partial charge in [-0.1, -0.05) is 212 Å². The normalized spacial score (nSPS) is 11.5. The minimum Gasteiger partial charge on any atom is -0.399 e. The predicted molar refractivity (Wildman–Crippen MR) is 366 cm³/mol. The molecule has 0 fully saturated rings. The molecule has 0 saturated carbocycles. The van der Waals surface area contributed by atoms with Crippen molar-refractivity contribution in [2.24, 2.45) is 0 Å². The van der Waals surface area contributed by atoms with E-state index in [4.69, 9.17) is 5.73 Å². The zero-order valence-electron chi connectivity index (χ0n) is 44.3. The Kier molecular flexibility index (Phi) is 12.8. The van der Waals surface area contributed by atoms with Gasteiger partial charge in [0.1, 0.15) is 0 Å². The lowest BCUT2D eigenvalue weighted by Gasteiger charge is -2.27. The summed E-state index contributed by atoms with van der Waals surface area (Å²) < 4.78 is 9.12. The van der Waals surface area contributed by atoms with Crippen molar-refractivity contribution < 1.29 is 0 Å². The van der Waals surface area contributed by atoms with Crippen molar-refractivity contribution in [3.63, 3.8) is 0 Å². The van der Waals surface area contributed by atoms with Crippen LogP contribution in [0.1, 0.15) is 0 Å². The van der Waals surface area contributed by atoms with Gasteiger partial charge in [0, 0.05) is 67.0 Å². The SMILES string of the molecule is Brc1cccc2c1sc1ccccc12.Nc1ccc(-c2cc3ccccc3c3ccccc23)cc1.c1ccc2c(c1)cc(-c1ccc(N(c3cccc4c3sc3ccccc34)c3cccc4c3sc3ccccc34)cc1)c1ccccc12. The van der Waals surface area contributed by atoms with E-state index in [9.17, 15) is 0 Å². The first-order valence-electron chi connectivity index (χ1n) is 27.4. The zero-order valence-corrected chi connectivity index (χ0v) is 48.3. The third kappa shape index (κ3) is 8.83. The Hall–Kier alpha value is -9.14. The summed E-state index contributed by atoms with van der Waals surface area (Å²) in [5, 5.41) is 18.2. The van der Waals surface area contributed by atoms with Gasteiger partial charge in [-0.05, 0) is 154 Å². The Balaban J connectivity index is 0.000000134. The van der Waals surface area contributed by atoms with Gasteiger partial charge in [-0.25, -0.2) is 0 Å². The van der Waals surface area contributed by atoms with Crippen LogP contribution in [0.4, 0.5) is 22.7 Å². The number of fused-ring (bicyclic) bond motifs is 15. The van der Waals surface area contributed by atoms with Crippen LogP contribution in [-0.2, 0) is 0 Å². The lowest BCUT2D eigenvalue weighted by molar-refractivity contribution is 1.32. The van der Waals surface area contributed by atoms with Gasteiger partial charge in [0.15, 0.2) is 0 Å². The molecular weight excluding hydrogens is 1120 g/mol. The summed E-state index contributed by atoms with van der Waals surface area (Å²) in [7, 11) is 0. The number of thiophene rings is 3. The molecule has 0 amide bonds. The van der Waals surface area contributed by atoms with E-state index in [0.29, 0.717) is 0 Å². The standard InChI is InChI=1S/C44H27NS2.C20H15N.C12H7BrS/c1-2-12-31-29(11-1)27-38(33-14-4-3-13-32(31)33)28-23-25-30(26-24-28)45(39-19-9-17-36-34-15-5-7-21-41(34)46-43(36)39)40-20-10-18-37-35-16-6-8-22-42(35)47-44(37)40;21-16-11-9-14(10-12-16)20-13-15-5-1-2-6-17(15)18-7-3-4-8-19(18)20;13-10-6-3-5-9-8-4-1-2-7-11(8)14-12(9)10/h1-27H;1-13H,21H2;1-7H. The fourth-order valence-corrected chi connectivity index (χ4v) is 16.1. The molecular formula is C76H49BrN2S3. The van der Waals surface area contributed by atoms with Crippen LogP contribution in [0.3, 0.4) is 0 Å². The minimum atomic E-state index is 0.795.